The Morgan fingerprint density at radius 2 is 1.86 bits per heavy atom. The summed E-state index contributed by atoms with van der Waals surface area (Å²) in [5.74, 6) is -0.0308. The maximum Gasteiger partial charge on any atom is 0.336 e. The monoisotopic (exact) mass is 400 g/mol. The Kier molecular flexibility index (Phi) is 7.38. The summed E-state index contributed by atoms with van der Waals surface area (Å²) in [7, 11) is 0. The first-order valence-corrected chi connectivity index (χ1v) is 9.12. The second kappa shape index (κ2) is 9.53. The molecule has 0 aliphatic carbocycles. The number of imidazole rings is 1. The van der Waals surface area contributed by atoms with Gasteiger partial charge >= 0.3 is 5.97 Å². The lowest BCUT2D eigenvalue weighted by Gasteiger charge is -2.13. The highest BCUT2D eigenvalue weighted by atomic mass is 35.5. The van der Waals surface area contributed by atoms with Crippen LogP contribution in [0, 0.1) is 6.92 Å². The fourth-order valence-electron chi connectivity index (χ4n) is 3.39. The van der Waals surface area contributed by atoms with Crippen molar-refractivity contribution in [1.82, 2.24) is 9.55 Å². The molecule has 148 valence electrons. The van der Waals surface area contributed by atoms with E-state index in [2.05, 4.69) is 11.9 Å². The quantitative estimate of drug-likeness (QED) is 0.613. The topological polar surface area (TPSA) is 75.4 Å². The van der Waals surface area contributed by atoms with Crippen molar-refractivity contribution in [2.24, 2.45) is 0 Å². The van der Waals surface area contributed by atoms with Gasteiger partial charge in [0.25, 0.3) is 0 Å². The van der Waals surface area contributed by atoms with E-state index in [1.165, 1.54) is 0 Å². The van der Waals surface area contributed by atoms with Crippen molar-refractivity contribution in [3.63, 3.8) is 0 Å². The Morgan fingerprint density at radius 3 is 2.46 bits per heavy atom. The molecule has 0 bridgehead atoms. The lowest BCUT2D eigenvalue weighted by Crippen LogP contribution is -2.10. The maximum atomic E-state index is 11.8. The molecule has 0 saturated carbocycles. The molecule has 0 amide bonds. The van der Waals surface area contributed by atoms with E-state index in [4.69, 9.17) is 0 Å². The van der Waals surface area contributed by atoms with Gasteiger partial charge in [0.15, 0.2) is 0 Å². The average molecular weight is 401 g/mol. The van der Waals surface area contributed by atoms with Gasteiger partial charge in [-0.3, -0.25) is 0 Å². The second-order valence-corrected chi connectivity index (χ2v) is 6.61. The van der Waals surface area contributed by atoms with Crippen molar-refractivity contribution in [2.75, 3.05) is 0 Å². The molecule has 6 heteroatoms. The van der Waals surface area contributed by atoms with Gasteiger partial charge < -0.3 is 14.8 Å². The first-order valence-electron chi connectivity index (χ1n) is 9.12. The van der Waals surface area contributed by atoms with Crippen LogP contribution in [0.3, 0.4) is 0 Å². The summed E-state index contributed by atoms with van der Waals surface area (Å²) in [5.41, 5.74) is 4.32. The third-order valence-corrected chi connectivity index (χ3v) is 4.72. The van der Waals surface area contributed by atoms with Crippen molar-refractivity contribution < 1.29 is 15.0 Å². The Hall–Kier alpha value is -2.63. The van der Waals surface area contributed by atoms with E-state index in [1.54, 1.807) is 6.07 Å². The lowest BCUT2D eigenvalue weighted by atomic mass is 9.97. The molecule has 0 fully saturated rings. The first kappa shape index (κ1) is 21.7. The van der Waals surface area contributed by atoms with Gasteiger partial charge in [0.05, 0.1) is 23.6 Å². The van der Waals surface area contributed by atoms with E-state index < -0.39 is 5.97 Å². The van der Waals surface area contributed by atoms with E-state index >= 15 is 0 Å². The third kappa shape index (κ3) is 4.43. The van der Waals surface area contributed by atoms with Crippen LogP contribution in [0.1, 0.15) is 46.5 Å². The Labute approximate surface area is 171 Å². The first-order chi connectivity index (χ1) is 13.0. The van der Waals surface area contributed by atoms with Crippen molar-refractivity contribution in [2.45, 2.75) is 39.8 Å². The molecule has 0 aliphatic heterocycles. The minimum atomic E-state index is -0.950. The number of aliphatic hydroxyl groups is 1. The summed E-state index contributed by atoms with van der Waals surface area (Å²) >= 11 is 0. The fourth-order valence-corrected chi connectivity index (χ4v) is 3.39. The number of aliphatic hydroxyl groups excluding tert-OH is 1. The molecule has 0 aliphatic rings. The van der Waals surface area contributed by atoms with Gasteiger partial charge in [-0.05, 0) is 36.1 Å². The number of rotatable bonds is 7. The number of aryl methyl sites for hydroxylation is 2. The van der Waals surface area contributed by atoms with Crippen LogP contribution in [-0.4, -0.2) is 25.7 Å². The smallest absolute Gasteiger partial charge is 0.336 e. The van der Waals surface area contributed by atoms with Crippen LogP contribution in [0.25, 0.3) is 11.1 Å². The van der Waals surface area contributed by atoms with Crippen molar-refractivity contribution in [1.29, 1.82) is 0 Å². The Morgan fingerprint density at radius 1 is 1.14 bits per heavy atom. The van der Waals surface area contributed by atoms with Crippen LogP contribution in [0.4, 0.5) is 0 Å². The van der Waals surface area contributed by atoms with Crippen molar-refractivity contribution in [3.05, 3.63) is 76.9 Å². The normalized spacial score (nSPS) is 10.5. The number of nitrogens with zero attached hydrogens (tertiary/aromatic N) is 2. The highest BCUT2D eigenvalue weighted by Gasteiger charge is 2.16. The number of carbonyl (C=O) groups is 1. The molecule has 0 atom stereocenters. The third-order valence-electron chi connectivity index (χ3n) is 4.72. The van der Waals surface area contributed by atoms with Crippen LogP contribution in [0.2, 0.25) is 0 Å². The number of halogens is 1. The molecule has 0 unspecified atom stereocenters. The highest BCUT2D eigenvalue weighted by Crippen LogP contribution is 2.26. The minimum Gasteiger partial charge on any atom is -0.478 e. The van der Waals surface area contributed by atoms with Crippen molar-refractivity contribution >= 4 is 18.4 Å². The zero-order valence-corrected chi connectivity index (χ0v) is 16.9. The SMILES string of the molecule is CCCc1nc(C)c(CO)n1Cc1ccc(-c2ccccc2)c(C(=O)O)c1.Cl. The Balaban J connectivity index is 0.00000280. The Bertz CT molecular complexity index is 952. The summed E-state index contributed by atoms with van der Waals surface area (Å²) in [6.45, 7) is 4.38. The summed E-state index contributed by atoms with van der Waals surface area (Å²) < 4.78 is 2.00. The average Bonchev–Trinajstić information content (AvgIpc) is 2.97. The number of aromatic carboxylic acids is 1. The molecule has 1 aromatic heterocycles. The zero-order valence-electron chi connectivity index (χ0n) is 16.1. The molecule has 0 radical (unpaired) electrons. The zero-order chi connectivity index (χ0) is 19.4. The summed E-state index contributed by atoms with van der Waals surface area (Å²) in [6, 6.07) is 15.0. The van der Waals surface area contributed by atoms with Crippen molar-refractivity contribution in [3.8, 4) is 11.1 Å². The van der Waals surface area contributed by atoms with E-state index in [-0.39, 0.29) is 24.6 Å². The molecule has 1 heterocycles. The molecule has 5 nitrogen and oxygen atoms in total. The van der Waals surface area contributed by atoms with Gasteiger partial charge in [0.2, 0.25) is 0 Å². The lowest BCUT2D eigenvalue weighted by molar-refractivity contribution is 0.0697. The molecule has 0 saturated heterocycles. The predicted octanol–water partition coefficient (Wildman–Crippen LogP) is 4.47. The van der Waals surface area contributed by atoms with E-state index in [0.717, 1.165) is 41.2 Å². The molecule has 2 aromatic carbocycles. The van der Waals surface area contributed by atoms with Gasteiger partial charge in [0, 0.05) is 13.0 Å². The summed E-state index contributed by atoms with van der Waals surface area (Å²) in [6.07, 6.45) is 1.77. The highest BCUT2D eigenvalue weighted by molar-refractivity contribution is 5.96. The van der Waals surface area contributed by atoms with Crippen LogP contribution >= 0.6 is 12.4 Å². The molecule has 3 aromatic rings. The minimum absolute atomic E-state index is 0. The van der Waals surface area contributed by atoms with Crippen LogP contribution in [-0.2, 0) is 19.6 Å². The fraction of sp³-hybridized carbons (Fsp3) is 0.273. The maximum absolute atomic E-state index is 11.8. The van der Waals surface area contributed by atoms with E-state index in [1.807, 2.05) is 54.0 Å². The predicted molar refractivity (Wildman–Crippen MR) is 112 cm³/mol. The van der Waals surface area contributed by atoms with Crippen LogP contribution < -0.4 is 0 Å². The van der Waals surface area contributed by atoms with Gasteiger partial charge in [-0.15, -0.1) is 12.4 Å². The molecular formula is C22H25ClN2O3. The molecule has 2 N–H and O–H groups in total. The molecular weight excluding hydrogens is 376 g/mol. The summed E-state index contributed by atoms with van der Waals surface area (Å²) in [5, 5.41) is 19.4. The number of benzene rings is 2. The molecule has 3 rings (SSSR count). The van der Waals surface area contributed by atoms with Crippen LogP contribution in [0.15, 0.2) is 48.5 Å². The second-order valence-electron chi connectivity index (χ2n) is 6.61. The standard InChI is InChI=1S/C22H24N2O3.ClH/c1-3-7-21-23-15(2)20(14-25)24(21)13-16-10-11-18(19(12-16)22(26)27)17-8-5-4-6-9-17;/h4-6,8-12,25H,3,7,13-14H2,1-2H3,(H,26,27);1H. The van der Waals surface area contributed by atoms with Gasteiger partial charge in [-0.2, -0.15) is 0 Å². The largest absolute Gasteiger partial charge is 0.478 e. The van der Waals surface area contributed by atoms with Gasteiger partial charge in [-0.25, -0.2) is 9.78 Å². The van der Waals surface area contributed by atoms with Gasteiger partial charge in [0.1, 0.15) is 5.82 Å². The summed E-state index contributed by atoms with van der Waals surface area (Å²) in [4.78, 5) is 16.4. The number of carboxylic acid groups (broad SMARTS) is 1. The number of carboxylic acids is 1. The number of hydrogen-bond acceptors (Lipinski definition) is 3. The van der Waals surface area contributed by atoms with E-state index in [9.17, 15) is 15.0 Å². The molecule has 0 spiro atoms. The number of aromatic nitrogens is 2. The number of hydrogen-bond donors (Lipinski definition) is 2. The van der Waals surface area contributed by atoms with Crippen LogP contribution in [0.5, 0.6) is 0 Å². The van der Waals surface area contributed by atoms with E-state index in [0.29, 0.717) is 12.1 Å². The van der Waals surface area contributed by atoms with Gasteiger partial charge in [-0.1, -0.05) is 49.4 Å². The molecule has 28 heavy (non-hydrogen) atoms.